The molecule has 0 radical (unpaired) electrons. The second kappa shape index (κ2) is 10.5. The number of amides is 1. The number of anilines is 2. The topological polar surface area (TPSA) is 94.2 Å². The van der Waals surface area contributed by atoms with E-state index in [1.54, 1.807) is 36.4 Å². The summed E-state index contributed by atoms with van der Waals surface area (Å²) in [4.78, 5) is 13.0. The molecule has 1 amide bonds. The molecule has 0 atom stereocenters. The van der Waals surface area contributed by atoms with Gasteiger partial charge in [0.05, 0.1) is 37.6 Å². The predicted octanol–water partition coefficient (Wildman–Crippen LogP) is 4.20. The number of hydrogen-bond donors (Lipinski definition) is 1. The highest BCUT2D eigenvalue weighted by molar-refractivity contribution is 7.92. The molecule has 0 saturated carbocycles. The van der Waals surface area contributed by atoms with Crippen LogP contribution in [0.15, 0.2) is 71.6 Å². The van der Waals surface area contributed by atoms with Crippen LogP contribution in [0, 0.1) is 0 Å². The maximum Gasteiger partial charge on any atom is 0.264 e. The molecule has 174 valence electrons. The molecule has 0 fully saturated rings. The zero-order chi connectivity index (χ0) is 24.0. The Balaban J connectivity index is 2.01. The molecule has 3 aromatic carbocycles. The highest BCUT2D eigenvalue weighted by atomic mass is 35.5. The molecule has 0 bridgehead atoms. The predicted molar refractivity (Wildman–Crippen MR) is 127 cm³/mol. The molecule has 3 aromatic rings. The minimum absolute atomic E-state index is 0.0351. The maximum atomic E-state index is 13.5. The molecule has 0 saturated heterocycles. The molecule has 0 heterocycles. The number of hydrogen-bond acceptors (Lipinski definition) is 6. The van der Waals surface area contributed by atoms with E-state index in [-0.39, 0.29) is 10.6 Å². The van der Waals surface area contributed by atoms with Crippen molar-refractivity contribution in [3.63, 3.8) is 0 Å². The van der Waals surface area contributed by atoms with Crippen LogP contribution in [0.3, 0.4) is 0 Å². The highest BCUT2D eigenvalue weighted by Crippen LogP contribution is 2.34. The van der Waals surface area contributed by atoms with Gasteiger partial charge in [0, 0.05) is 11.1 Å². The van der Waals surface area contributed by atoms with Crippen LogP contribution in [0.4, 0.5) is 11.4 Å². The van der Waals surface area contributed by atoms with Gasteiger partial charge in [0.25, 0.3) is 10.0 Å². The van der Waals surface area contributed by atoms with Gasteiger partial charge in [-0.2, -0.15) is 0 Å². The summed E-state index contributed by atoms with van der Waals surface area (Å²) in [5.41, 5.74) is 0.545. The smallest absolute Gasteiger partial charge is 0.264 e. The second-order valence-electron chi connectivity index (χ2n) is 6.76. The number of halogens is 1. The summed E-state index contributed by atoms with van der Waals surface area (Å²) in [5, 5.41) is 3.06. The number of carbonyl (C=O) groups is 1. The van der Waals surface area contributed by atoms with E-state index < -0.39 is 22.5 Å². The SMILES string of the molecule is COc1ccc(Cl)cc1NC(=O)CN(c1ccc(OC)c(OC)c1)S(=O)(=O)c1ccccc1. The summed E-state index contributed by atoms with van der Waals surface area (Å²) in [7, 11) is 0.276. The summed E-state index contributed by atoms with van der Waals surface area (Å²) in [6.45, 7) is -0.512. The van der Waals surface area contributed by atoms with Gasteiger partial charge < -0.3 is 19.5 Å². The number of methoxy groups -OCH3 is 3. The van der Waals surface area contributed by atoms with Gasteiger partial charge in [-0.25, -0.2) is 8.42 Å². The molecule has 0 aliphatic rings. The molecule has 0 aliphatic heterocycles. The number of carbonyl (C=O) groups excluding carboxylic acids is 1. The fourth-order valence-corrected chi connectivity index (χ4v) is 4.72. The van der Waals surface area contributed by atoms with Gasteiger partial charge in [-0.3, -0.25) is 9.10 Å². The molecule has 0 unspecified atom stereocenters. The number of nitrogens with one attached hydrogen (secondary N) is 1. The van der Waals surface area contributed by atoms with Crippen LogP contribution in [0.1, 0.15) is 0 Å². The van der Waals surface area contributed by atoms with Gasteiger partial charge >= 0.3 is 0 Å². The minimum atomic E-state index is -4.09. The van der Waals surface area contributed by atoms with Crippen LogP contribution in [0.5, 0.6) is 17.2 Å². The van der Waals surface area contributed by atoms with Crippen molar-refractivity contribution in [3.8, 4) is 17.2 Å². The lowest BCUT2D eigenvalue weighted by molar-refractivity contribution is -0.114. The van der Waals surface area contributed by atoms with Crippen LogP contribution in [-0.4, -0.2) is 42.2 Å². The van der Waals surface area contributed by atoms with E-state index in [0.717, 1.165) is 4.31 Å². The third kappa shape index (κ3) is 5.50. The average Bonchev–Trinajstić information content (AvgIpc) is 2.82. The van der Waals surface area contributed by atoms with Crippen molar-refractivity contribution in [2.24, 2.45) is 0 Å². The molecule has 1 N–H and O–H groups in total. The molecule has 33 heavy (non-hydrogen) atoms. The van der Waals surface area contributed by atoms with Gasteiger partial charge in [-0.05, 0) is 42.5 Å². The van der Waals surface area contributed by atoms with Gasteiger partial charge in [0.1, 0.15) is 12.3 Å². The molecule has 0 spiro atoms. The fraction of sp³-hybridized carbons (Fsp3) is 0.174. The van der Waals surface area contributed by atoms with E-state index in [4.69, 9.17) is 25.8 Å². The Labute approximate surface area is 197 Å². The molecule has 0 aromatic heterocycles. The van der Waals surface area contributed by atoms with Crippen molar-refractivity contribution < 1.29 is 27.4 Å². The first-order valence-electron chi connectivity index (χ1n) is 9.73. The third-order valence-electron chi connectivity index (χ3n) is 4.71. The van der Waals surface area contributed by atoms with Crippen molar-refractivity contribution in [1.29, 1.82) is 0 Å². The highest BCUT2D eigenvalue weighted by Gasteiger charge is 2.28. The summed E-state index contributed by atoms with van der Waals surface area (Å²) < 4.78 is 43.8. The lowest BCUT2D eigenvalue weighted by Gasteiger charge is -2.25. The van der Waals surface area contributed by atoms with Crippen molar-refractivity contribution >= 4 is 38.9 Å². The molecular formula is C23H23ClN2O6S. The van der Waals surface area contributed by atoms with Crippen LogP contribution >= 0.6 is 11.6 Å². The van der Waals surface area contributed by atoms with Crippen molar-refractivity contribution in [3.05, 3.63) is 71.8 Å². The van der Waals surface area contributed by atoms with Crippen LogP contribution in [0.2, 0.25) is 5.02 Å². The Kier molecular flexibility index (Phi) is 7.67. The van der Waals surface area contributed by atoms with Gasteiger partial charge in [-0.1, -0.05) is 29.8 Å². The number of benzene rings is 3. The molecular weight excluding hydrogens is 468 g/mol. The van der Waals surface area contributed by atoms with Crippen LogP contribution < -0.4 is 23.8 Å². The Bertz CT molecular complexity index is 1230. The Morgan fingerprint density at radius 2 is 1.52 bits per heavy atom. The van der Waals surface area contributed by atoms with E-state index in [1.165, 1.54) is 51.7 Å². The zero-order valence-electron chi connectivity index (χ0n) is 18.2. The van der Waals surface area contributed by atoms with E-state index in [0.29, 0.717) is 28.0 Å². The van der Waals surface area contributed by atoms with Gasteiger partial charge in [0.15, 0.2) is 11.5 Å². The van der Waals surface area contributed by atoms with E-state index in [1.807, 2.05) is 0 Å². The number of nitrogens with zero attached hydrogens (tertiary/aromatic N) is 1. The van der Waals surface area contributed by atoms with Crippen LogP contribution in [-0.2, 0) is 14.8 Å². The van der Waals surface area contributed by atoms with E-state index in [9.17, 15) is 13.2 Å². The first-order chi connectivity index (χ1) is 15.8. The van der Waals surface area contributed by atoms with Gasteiger partial charge in [-0.15, -0.1) is 0 Å². The monoisotopic (exact) mass is 490 g/mol. The first kappa shape index (κ1) is 24.2. The normalized spacial score (nSPS) is 10.9. The van der Waals surface area contributed by atoms with Crippen molar-refractivity contribution in [2.45, 2.75) is 4.90 Å². The van der Waals surface area contributed by atoms with Gasteiger partial charge in [0.2, 0.25) is 5.91 Å². The van der Waals surface area contributed by atoms with Crippen molar-refractivity contribution in [2.75, 3.05) is 37.5 Å². The number of ether oxygens (including phenoxy) is 3. The minimum Gasteiger partial charge on any atom is -0.495 e. The Morgan fingerprint density at radius 3 is 2.15 bits per heavy atom. The zero-order valence-corrected chi connectivity index (χ0v) is 19.8. The molecule has 0 aliphatic carbocycles. The average molecular weight is 491 g/mol. The summed E-state index contributed by atoms with van der Waals surface area (Å²) in [6.07, 6.45) is 0. The standard InChI is InChI=1S/C23H23ClN2O6S/c1-30-20-11-9-16(24)13-19(20)25-23(27)15-26(33(28,29)18-7-5-4-6-8-18)17-10-12-21(31-2)22(14-17)32-3/h4-14H,15H2,1-3H3,(H,25,27). The summed E-state index contributed by atoms with van der Waals surface area (Å²) in [5.74, 6) is 0.535. The maximum absolute atomic E-state index is 13.5. The molecule has 10 heteroatoms. The Hall–Kier alpha value is -3.43. The molecule has 3 rings (SSSR count). The third-order valence-corrected chi connectivity index (χ3v) is 6.73. The fourth-order valence-electron chi connectivity index (χ4n) is 3.11. The largest absolute Gasteiger partial charge is 0.495 e. The van der Waals surface area contributed by atoms with Crippen molar-refractivity contribution in [1.82, 2.24) is 0 Å². The van der Waals surface area contributed by atoms with E-state index in [2.05, 4.69) is 5.32 Å². The first-order valence-corrected chi connectivity index (χ1v) is 11.5. The lowest BCUT2D eigenvalue weighted by atomic mass is 10.2. The number of rotatable bonds is 9. The molecule has 8 nitrogen and oxygen atoms in total. The lowest BCUT2D eigenvalue weighted by Crippen LogP contribution is -2.38. The quantitative estimate of drug-likeness (QED) is 0.483. The number of sulfonamides is 1. The van der Waals surface area contributed by atoms with E-state index >= 15 is 0 Å². The summed E-state index contributed by atoms with van der Waals surface area (Å²) in [6, 6.07) is 17.2. The summed E-state index contributed by atoms with van der Waals surface area (Å²) >= 11 is 6.03. The second-order valence-corrected chi connectivity index (χ2v) is 9.06. The Morgan fingerprint density at radius 1 is 0.879 bits per heavy atom. The van der Waals surface area contributed by atoms with Crippen LogP contribution in [0.25, 0.3) is 0 Å².